The number of hydrogen-bond acceptors (Lipinski definition) is 2. The molecule has 0 aliphatic rings. The minimum atomic E-state index is -1.64. The molecule has 0 spiro atoms. The first-order chi connectivity index (χ1) is 6.04. The van der Waals surface area contributed by atoms with Crippen LogP contribution in [0.1, 0.15) is 27.2 Å². The molecular formula is C9H14BrFO2. The Morgan fingerprint density at radius 2 is 2.08 bits per heavy atom. The molecule has 0 aromatic rings. The molecule has 0 N–H and O–H groups in total. The van der Waals surface area contributed by atoms with Crippen LogP contribution in [0.25, 0.3) is 0 Å². The van der Waals surface area contributed by atoms with Crippen molar-refractivity contribution >= 4 is 21.9 Å². The number of rotatable bonds is 4. The zero-order valence-corrected chi connectivity index (χ0v) is 9.65. The molecule has 1 unspecified atom stereocenters. The van der Waals surface area contributed by atoms with Gasteiger partial charge in [0, 0.05) is 0 Å². The van der Waals surface area contributed by atoms with Crippen LogP contribution >= 0.6 is 15.9 Å². The van der Waals surface area contributed by atoms with E-state index < -0.39 is 12.1 Å². The molecule has 0 bridgehead atoms. The highest BCUT2D eigenvalue weighted by molar-refractivity contribution is 9.11. The summed E-state index contributed by atoms with van der Waals surface area (Å²) in [6.45, 7) is 5.31. The lowest BCUT2D eigenvalue weighted by Gasteiger charge is -2.09. The Bertz CT molecular complexity index is 214. The van der Waals surface area contributed by atoms with Crippen molar-refractivity contribution in [1.82, 2.24) is 0 Å². The number of hydrogen-bond donors (Lipinski definition) is 0. The number of ether oxygens (including phenoxy) is 1. The van der Waals surface area contributed by atoms with Crippen LogP contribution in [-0.2, 0) is 9.53 Å². The van der Waals surface area contributed by atoms with E-state index in [1.807, 2.05) is 6.92 Å². The van der Waals surface area contributed by atoms with Gasteiger partial charge < -0.3 is 4.74 Å². The first kappa shape index (κ1) is 12.6. The topological polar surface area (TPSA) is 26.3 Å². The van der Waals surface area contributed by atoms with Crippen molar-refractivity contribution in [2.24, 2.45) is 0 Å². The average molecular weight is 253 g/mol. The van der Waals surface area contributed by atoms with Crippen molar-refractivity contribution in [3.63, 3.8) is 0 Å². The Morgan fingerprint density at radius 3 is 2.46 bits per heavy atom. The van der Waals surface area contributed by atoms with Crippen molar-refractivity contribution in [1.29, 1.82) is 0 Å². The van der Waals surface area contributed by atoms with Gasteiger partial charge >= 0.3 is 5.97 Å². The van der Waals surface area contributed by atoms with Gasteiger partial charge in [-0.1, -0.05) is 22.9 Å². The molecule has 0 aliphatic carbocycles. The van der Waals surface area contributed by atoms with Crippen LogP contribution in [-0.4, -0.2) is 18.7 Å². The highest BCUT2D eigenvalue weighted by Crippen LogP contribution is 2.20. The summed E-state index contributed by atoms with van der Waals surface area (Å²) in [5.74, 6) is -0.814. The zero-order valence-electron chi connectivity index (χ0n) is 8.06. The monoisotopic (exact) mass is 252 g/mol. The van der Waals surface area contributed by atoms with Gasteiger partial charge in [-0.2, -0.15) is 0 Å². The molecule has 0 saturated carbocycles. The zero-order chi connectivity index (χ0) is 10.4. The largest absolute Gasteiger partial charge is 0.464 e. The van der Waals surface area contributed by atoms with Crippen molar-refractivity contribution in [3.8, 4) is 0 Å². The SMILES string of the molecule is CCOC(=O)C(F)C(C)=C(Br)CC. The molecule has 0 rings (SSSR count). The second kappa shape index (κ2) is 6.13. The fourth-order valence-corrected chi connectivity index (χ4v) is 1.01. The molecule has 0 amide bonds. The van der Waals surface area contributed by atoms with Gasteiger partial charge in [0.15, 0.2) is 0 Å². The first-order valence-corrected chi connectivity index (χ1v) is 4.99. The lowest BCUT2D eigenvalue weighted by molar-refractivity contribution is -0.147. The number of halogens is 2. The van der Waals surface area contributed by atoms with Gasteiger partial charge in [-0.3, -0.25) is 0 Å². The number of carbonyl (C=O) groups excluding carboxylic acids is 1. The third-order valence-corrected chi connectivity index (χ3v) is 2.80. The van der Waals surface area contributed by atoms with E-state index in [9.17, 15) is 9.18 Å². The summed E-state index contributed by atoms with van der Waals surface area (Å²) in [6.07, 6.45) is -0.972. The summed E-state index contributed by atoms with van der Waals surface area (Å²) in [5.41, 5.74) is 0.390. The van der Waals surface area contributed by atoms with Gasteiger partial charge in [-0.05, 0) is 30.3 Å². The molecular weight excluding hydrogens is 239 g/mol. The Hall–Kier alpha value is -0.380. The molecule has 0 aromatic carbocycles. The van der Waals surface area contributed by atoms with Crippen LogP contribution in [0, 0.1) is 0 Å². The predicted octanol–water partition coefficient (Wildman–Crippen LogP) is 2.97. The number of allylic oxidation sites excluding steroid dienone is 1. The van der Waals surface area contributed by atoms with Gasteiger partial charge in [0.05, 0.1) is 6.61 Å². The van der Waals surface area contributed by atoms with Crippen molar-refractivity contribution in [3.05, 3.63) is 10.1 Å². The Balaban J connectivity index is 4.41. The van der Waals surface area contributed by atoms with Crippen LogP contribution in [0.5, 0.6) is 0 Å². The van der Waals surface area contributed by atoms with E-state index in [1.54, 1.807) is 13.8 Å². The smallest absolute Gasteiger partial charge is 0.345 e. The second-order valence-electron chi connectivity index (χ2n) is 2.56. The Kier molecular flexibility index (Phi) is 5.95. The normalized spacial score (nSPS) is 14.8. The molecule has 0 aliphatic heterocycles. The summed E-state index contributed by atoms with van der Waals surface area (Å²) in [4.78, 5) is 11.0. The Morgan fingerprint density at radius 1 is 1.54 bits per heavy atom. The third kappa shape index (κ3) is 3.89. The summed E-state index contributed by atoms with van der Waals surface area (Å²) >= 11 is 3.19. The van der Waals surface area contributed by atoms with Crippen LogP contribution in [0.3, 0.4) is 0 Å². The van der Waals surface area contributed by atoms with Crippen LogP contribution in [0.15, 0.2) is 10.1 Å². The first-order valence-electron chi connectivity index (χ1n) is 4.20. The third-order valence-electron chi connectivity index (χ3n) is 1.61. The van der Waals surface area contributed by atoms with E-state index >= 15 is 0 Å². The van der Waals surface area contributed by atoms with Crippen LogP contribution in [0.4, 0.5) is 4.39 Å². The summed E-state index contributed by atoms with van der Waals surface area (Å²) in [6, 6.07) is 0. The standard InChI is InChI=1S/C9H14BrFO2/c1-4-7(10)6(3)8(11)9(12)13-5-2/h8H,4-5H2,1-3H3. The summed E-state index contributed by atoms with van der Waals surface area (Å²) in [5, 5.41) is 0. The van der Waals surface area contributed by atoms with Crippen molar-refractivity contribution in [2.75, 3.05) is 6.61 Å². The maximum absolute atomic E-state index is 13.3. The average Bonchev–Trinajstić information content (AvgIpc) is 2.14. The maximum atomic E-state index is 13.3. The highest BCUT2D eigenvalue weighted by atomic mass is 79.9. The molecule has 0 saturated heterocycles. The van der Waals surface area contributed by atoms with Crippen molar-refractivity contribution < 1.29 is 13.9 Å². The summed E-state index contributed by atoms with van der Waals surface area (Å²) < 4.78 is 18.5. The van der Waals surface area contributed by atoms with E-state index in [1.165, 1.54) is 0 Å². The van der Waals surface area contributed by atoms with E-state index in [0.717, 1.165) is 0 Å². The van der Waals surface area contributed by atoms with Gasteiger partial charge in [-0.15, -0.1) is 0 Å². The minimum absolute atomic E-state index is 0.205. The van der Waals surface area contributed by atoms with E-state index in [4.69, 9.17) is 0 Å². The molecule has 2 nitrogen and oxygen atoms in total. The highest BCUT2D eigenvalue weighted by Gasteiger charge is 2.21. The summed E-state index contributed by atoms with van der Waals surface area (Å²) in [7, 11) is 0. The van der Waals surface area contributed by atoms with Gasteiger partial charge in [0.2, 0.25) is 6.17 Å². The van der Waals surface area contributed by atoms with Crippen LogP contribution < -0.4 is 0 Å². The molecule has 1 atom stereocenters. The van der Waals surface area contributed by atoms with E-state index in [-0.39, 0.29) is 6.61 Å². The quantitative estimate of drug-likeness (QED) is 0.720. The van der Waals surface area contributed by atoms with Gasteiger partial charge in [-0.25, -0.2) is 9.18 Å². The molecule has 0 heterocycles. The minimum Gasteiger partial charge on any atom is -0.464 e. The Labute approximate surface area is 86.3 Å². The molecule has 0 radical (unpaired) electrons. The predicted molar refractivity (Wildman–Crippen MR) is 53.4 cm³/mol. The van der Waals surface area contributed by atoms with E-state index in [2.05, 4.69) is 20.7 Å². The number of alkyl halides is 1. The lowest BCUT2D eigenvalue weighted by Crippen LogP contribution is -2.20. The molecule has 76 valence electrons. The van der Waals surface area contributed by atoms with E-state index in [0.29, 0.717) is 16.5 Å². The number of carbonyl (C=O) groups is 1. The lowest BCUT2D eigenvalue weighted by atomic mass is 10.1. The second-order valence-corrected chi connectivity index (χ2v) is 3.51. The molecule has 0 aromatic heterocycles. The van der Waals surface area contributed by atoms with Crippen LogP contribution in [0.2, 0.25) is 0 Å². The fraction of sp³-hybridized carbons (Fsp3) is 0.667. The van der Waals surface area contributed by atoms with Gasteiger partial charge in [0.25, 0.3) is 0 Å². The molecule has 0 fully saturated rings. The number of esters is 1. The molecule has 13 heavy (non-hydrogen) atoms. The molecule has 4 heteroatoms. The van der Waals surface area contributed by atoms with Crippen molar-refractivity contribution in [2.45, 2.75) is 33.4 Å². The van der Waals surface area contributed by atoms with Gasteiger partial charge in [0.1, 0.15) is 0 Å². The maximum Gasteiger partial charge on any atom is 0.345 e. The fourth-order valence-electron chi connectivity index (χ4n) is 0.809.